The Hall–Kier alpha value is -3.23. The van der Waals surface area contributed by atoms with Crippen LogP contribution < -0.4 is 26.1 Å². The van der Waals surface area contributed by atoms with Gasteiger partial charge in [0.1, 0.15) is 5.56 Å². The van der Waals surface area contributed by atoms with Crippen LogP contribution in [0.2, 0.25) is 0 Å². The lowest BCUT2D eigenvalue weighted by molar-refractivity contribution is 0.354. The predicted molar refractivity (Wildman–Crippen MR) is 104 cm³/mol. The number of unbranched alkanes of at least 4 members (excludes halogenated alkanes) is 1. The Balaban J connectivity index is 1.90. The summed E-state index contributed by atoms with van der Waals surface area (Å²) < 4.78 is 11.7. The van der Waals surface area contributed by atoms with Gasteiger partial charge in [-0.05, 0) is 24.1 Å². The van der Waals surface area contributed by atoms with E-state index < -0.39 is 11.2 Å². The predicted octanol–water partition coefficient (Wildman–Crippen LogP) is 1.50. The third-order valence-corrected chi connectivity index (χ3v) is 4.76. The van der Waals surface area contributed by atoms with Crippen LogP contribution in [0.4, 0.5) is 0 Å². The number of H-pyrrole nitrogens is 1. The number of nitrogens with one attached hydrogen (secondary N) is 2. The zero-order chi connectivity index (χ0) is 20.3. The molecule has 0 radical (unpaired) electrons. The molecule has 0 fully saturated rings. The molecule has 3 rings (SSSR count). The minimum atomic E-state index is -0.649. The van der Waals surface area contributed by atoms with Crippen LogP contribution in [-0.4, -0.2) is 34.6 Å². The summed E-state index contributed by atoms with van der Waals surface area (Å²) in [5, 5.41) is 14.8. The Labute approximate surface area is 161 Å². The van der Waals surface area contributed by atoms with Crippen LogP contribution in [0.5, 0.6) is 17.4 Å². The smallest absolute Gasteiger partial charge is 0.331 e. The molecular weight excluding hydrogens is 364 g/mol. The molecule has 1 aliphatic rings. The van der Waals surface area contributed by atoms with Gasteiger partial charge in [-0.25, -0.2) is 4.79 Å². The summed E-state index contributed by atoms with van der Waals surface area (Å²) in [4.78, 5) is 26.6. The van der Waals surface area contributed by atoms with Crippen LogP contribution in [0.3, 0.4) is 0 Å². The van der Waals surface area contributed by atoms with Crippen molar-refractivity contribution in [1.82, 2.24) is 15.0 Å². The highest BCUT2D eigenvalue weighted by Gasteiger charge is 2.27. The number of aromatic hydroxyl groups is 1. The van der Waals surface area contributed by atoms with Gasteiger partial charge in [-0.1, -0.05) is 19.4 Å². The van der Waals surface area contributed by atoms with E-state index in [1.54, 1.807) is 20.3 Å². The maximum atomic E-state index is 12.3. The van der Waals surface area contributed by atoms with Crippen molar-refractivity contribution in [3.63, 3.8) is 0 Å². The molecule has 28 heavy (non-hydrogen) atoms. The number of aromatic nitrogens is 2. The fraction of sp³-hybridized carbons (Fsp3) is 0.421. The van der Waals surface area contributed by atoms with Crippen LogP contribution >= 0.6 is 0 Å². The second-order valence-corrected chi connectivity index (χ2v) is 6.52. The van der Waals surface area contributed by atoms with Gasteiger partial charge >= 0.3 is 5.69 Å². The van der Waals surface area contributed by atoms with E-state index in [1.807, 2.05) is 19.1 Å². The molecular formula is C19H24N4O5. The number of nitrogens with zero attached hydrogens (tertiary/aromatic N) is 2. The van der Waals surface area contributed by atoms with Gasteiger partial charge in [-0.2, -0.15) is 5.10 Å². The van der Waals surface area contributed by atoms with Crippen molar-refractivity contribution >= 4 is 5.71 Å². The van der Waals surface area contributed by atoms with E-state index in [4.69, 9.17) is 9.47 Å². The highest BCUT2D eigenvalue weighted by atomic mass is 16.5. The lowest BCUT2D eigenvalue weighted by atomic mass is 9.99. The first kappa shape index (κ1) is 19.5. The van der Waals surface area contributed by atoms with Gasteiger partial charge in [0, 0.05) is 13.0 Å². The lowest BCUT2D eigenvalue weighted by Gasteiger charge is -2.14. The van der Waals surface area contributed by atoms with Gasteiger partial charge in [0.25, 0.3) is 5.56 Å². The summed E-state index contributed by atoms with van der Waals surface area (Å²) in [6, 6.07) is 5.30. The average molecular weight is 388 g/mol. The Morgan fingerprint density at radius 2 is 2.00 bits per heavy atom. The molecule has 1 aliphatic heterocycles. The number of benzene rings is 1. The van der Waals surface area contributed by atoms with Gasteiger partial charge in [0.2, 0.25) is 5.88 Å². The molecule has 0 amide bonds. The summed E-state index contributed by atoms with van der Waals surface area (Å²) in [5.74, 6) is 0.849. The third-order valence-electron chi connectivity index (χ3n) is 4.76. The number of hydrogen-bond acceptors (Lipinski definition) is 7. The van der Waals surface area contributed by atoms with Crippen molar-refractivity contribution in [2.75, 3.05) is 14.2 Å². The fourth-order valence-electron chi connectivity index (χ4n) is 3.20. The van der Waals surface area contributed by atoms with Crippen LogP contribution in [0, 0.1) is 0 Å². The molecule has 1 aromatic heterocycles. The van der Waals surface area contributed by atoms with E-state index in [0.717, 1.165) is 12.0 Å². The standard InChI is InChI=1S/C19H24N4O5/c1-4-5-8-23-18(25)16(17(24)20-19(23)26)13-10-12(21-22-13)11-6-7-14(27-2)15(9-11)28-3/h6-7,9,12,21,25H,4-5,8,10H2,1-3H3,(H,20,24,26)/t12-/m1/s1. The second kappa shape index (κ2) is 8.20. The van der Waals surface area contributed by atoms with Crippen LogP contribution in [0.25, 0.3) is 0 Å². The summed E-state index contributed by atoms with van der Waals surface area (Å²) >= 11 is 0. The molecule has 3 N–H and O–H groups in total. The SMILES string of the molecule is CCCCn1c(O)c(C2=NN[C@@H](c3ccc(OC)c(OC)c3)C2)c(=O)[nH]c1=O. The van der Waals surface area contributed by atoms with E-state index >= 15 is 0 Å². The van der Waals surface area contributed by atoms with Gasteiger partial charge < -0.3 is 20.0 Å². The number of ether oxygens (including phenoxy) is 2. The van der Waals surface area contributed by atoms with E-state index in [1.165, 1.54) is 4.57 Å². The molecule has 150 valence electrons. The summed E-state index contributed by atoms with van der Waals surface area (Å²) in [6.07, 6.45) is 1.93. The zero-order valence-corrected chi connectivity index (χ0v) is 16.1. The van der Waals surface area contributed by atoms with E-state index in [9.17, 15) is 14.7 Å². The molecule has 9 nitrogen and oxygen atoms in total. The van der Waals surface area contributed by atoms with E-state index in [-0.39, 0.29) is 17.5 Å². The Morgan fingerprint density at radius 1 is 1.25 bits per heavy atom. The van der Waals surface area contributed by atoms with E-state index in [2.05, 4.69) is 15.5 Å². The quantitative estimate of drug-likeness (QED) is 0.662. The first-order valence-electron chi connectivity index (χ1n) is 9.10. The topological polar surface area (TPSA) is 118 Å². The van der Waals surface area contributed by atoms with Gasteiger partial charge in [-0.3, -0.25) is 14.3 Å². The number of hydrazone groups is 1. The molecule has 1 atom stereocenters. The average Bonchev–Trinajstić information content (AvgIpc) is 3.16. The monoisotopic (exact) mass is 388 g/mol. The zero-order valence-electron chi connectivity index (χ0n) is 16.1. The van der Waals surface area contributed by atoms with Gasteiger partial charge in [0.15, 0.2) is 11.5 Å². The van der Waals surface area contributed by atoms with Crippen molar-refractivity contribution in [3.05, 3.63) is 50.2 Å². The molecule has 0 saturated carbocycles. The molecule has 0 spiro atoms. The van der Waals surface area contributed by atoms with Crippen LogP contribution in [-0.2, 0) is 6.54 Å². The van der Waals surface area contributed by atoms with Crippen molar-refractivity contribution in [2.45, 2.75) is 38.8 Å². The number of aromatic amines is 1. The molecule has 1 aromatic carbocycles. The number of methoxy groups -OCH3 is 2. The molecule has 9 heteroatoms. The minimum Gasteiger partial charge on any atom is -0.494 e. The van der Waals surface area contributed by atoms with Crippen molar-refractivity contribution in [1.29, 1.82) is 0 Å². The van der Waals surface area contributed by atoms with Crippen molar-refractivity contribution in [3.8, 4) is 17.4 Å². The Bertz CT molecular complexity index is 1010. The summed E-state index contributed by atoms with van der Waals surface area (Å²) in [7, 11) is 3.12. The van der Waals surface area contributed by atoms with E-state index in [0.29, 0.717) is 36.6 Å². The summed E-state index contributed by atoms with van der Waals surface area (Å²) in [6.45, 7) is 2.30. The van der Waals surface area contributed by atoms with Crippen LogP contribution in [0.15, 0.2) is 32.9 Å². The third kappa shape index (κ3) is 3.60. The maximum absolute atomic E-state index is 12.3. The molecule has 0 aliphatic carbocycles. The molecule has 2 heterocycles. The first-order valence-corrected chi connectivity index (χ1v) is 9.10. The Kier molecular flexibility index (Phi) is 5.72. The number of rotatable bonds is 7. The lowest BCUT2D eigenvalue weighted by Crippen LogP contribution is -2.33. The molecule has 0 saturated heterocycles. The normalized spacial score (nSPS) is 15.8. The molecule has 2 aromatic rings. The minimum absolute atomic E-state index is 0.0196. The fourth-order valence-corrected chi connectivity index (χ4v) is 3.20. The molecule has 0 unspecified atom stereocenters. The van der Waals surface area contributed by atoms with Crippen LogP contribution in [0.1, 0.15) is 43.4 Å². The number of hydrogen-bond donors (Lipinski definition) is 3. The second-order valence-electron chi connectivity index (χ2n) is 6.52. The summed E-state index contributed by atoms with van der Waals surface area (Å²) in [5.41, 5.74) is 3.02. The highest BCUT2D eigenvalue weighted by Crippen LogP contribution is 2.33. The largest absolute Gasteiger partial charge is 0.494 e. The van der Waals surface area contributed by atoms with Crippen molar-refractivity contribution < 1.29 is 14.6 Å². The highest BCUT2D eigenvalue weighted by molar-refractivity contribution is 6.03. The Morgan fingerprint density at radius 3 is 2.68 bits per heavy atom. The maximum Gasteiger partial charge on any atom is 0.331 e. The first-order chi connectivity index (χ1) is 13.5. The molecule has 0 bridgehead atoms. The van der Waals surface area contributed by atoms with Gasteiger partial charge in [-0.15, -0.1) is 0 Å². The van der Waals surface area contributed by atoms with Crippen molar-refractivity contribution in [2.24, 2.45) is 5.10 Å². The van der Waals surface area contributed by atoms with Gasteiger partial charge in [0.05, 0.1) is 26.0 Å².